The molecule has 3 heteroatoms. The van der Waals surface area contributed by atoms with Gasteiger partial charge in [0.15, 0.2) is 0 Å². The van der Waals surface area contributed by atoms with Gasteiger partial charge in [0.05, 0.1) is 18.6 Å². The van der Waals surface area contributed by atoms with Crippen LogP contribution in [0.4, 0.5) is 0 Å². The summed E-state index contributed by atoms with van der Waals surface area (Å²) in [5.41, 5.74) is 0.308. The highest BCUT2D eigenvalue weighted by Gasteiger charge is 2.38. The second-order valence-corrected chi connectivity index (χ2v) is 6.88. The zero-order valence-electron chi connectivity index (χ0n) is 12.5. The summed E-state index contributed by atoms with van der Waals surface area (Å²) in [6, 6.07) is 2.88. The van der Waals surface area contributed by atoms with Gasteiger partial charge in [-0.15, -0.1) is 0 Å². The fourth-order valence-corrected chi connectivity index (χ4v) is 2.99. The highest BCUT2D eigenvalue weighted by Crippen LogP contribution is 2.41. The lowest BCUT2D eigenvalue weighted by Crippen LogP contribution is -2.48. The minimum atomic E-state index is 0.114. The largest absolute Gasteiger partial charge is 0.395 e. The van der Waals surface area contributed by atoms with Gasteiger partial charge in [0, 0.05) is 12.1 Å². The summed E-state index contributed by atoms with van der Waals surface area (Å²) in [7, 11) is 2.04. The zero-order valence-corrected chi connectivity index (χ0v) is 12.5. The number of nitriles is 1. The highest BCUT2D eigenvalue weighted by molar-refractivity contribution is 4.99. The van der Waals surface area contributed by atoms with Crippen LogP contribution in [0.25, 0.3) is 0 Å². The van der Waals surface area contributed by atoms with Crippen molar-refractivity contribution in [2.24, 2.45) is 17.3 Å². The van der Waals surface area contributed by atoms with Gasteiger partial charge in [-0.25, -0.2) is 0 Å². The molecule has 0 aromatic heterocycles. The predicted octanol–water partition coefficient (Wildman–Crippen LogP) is 2.65. The van der Waals surface area contributed by atoms with Crippen LogP contribution in [0.1, 0.15) is 47.0 Å². The molecule has 0 heterocycles. The summed E-state index contributed by atoms with van der Waals surface area (Å²) < 4.78 is 0. The third kappa shape index (κ3) is 3.46. The smallest absolute Gasteiger partial charge is 0.0672 e. The molecule has 0 bridgehead atoms. The molecule has 0 aromatic rings. The van der Waals surface area contributed by atoms with Gasteiger partial charge in [-0.1, -0.05) is 20.8 Å². The van der Waals surface area contributed by atoms with Crippen LogP contribution < -0.4 is 0 Å². The molecule has 0 saturated heterocycles. The molecule has 1 aliphatic rings. The first kappa shape index (κ1) is 15.5. The molecule has 104 valence electrons. The van der Waals surface area contributed by atoms with Crippen LogP contribution >= 0.6 is 0 Å². The van der Waals surface area contributed by atoms with Crippen LogP contribution in [0, 0.1) is 28.6 Å². The van der Waals surface area contributed by atoms with Crippen LogP contribution in [-0.2, 0) is 0 Å². The number of rotatable bonds is 3. The van der Waals surface area contributed by atoms with Crippen molar-refractivity contribution in [2.75, 3.05) is 13.7 Å². The van der Waals surface area contributed by atoms with Crippen LogP contribution in [0.3, 0.4) is 0 Å². The van der Waals surface area contributed by atoms with Crippen molar-refractivity contribution in [3.05, 3.63) is 0 Å². The van der Waals surface area contributed by atoms with Crippen LogP contribution in [-0.4, -0.2) is 35.7 Å². The molecule has 1 saturated carbocycles. The molecular formula is C15H28N2O. The van der Waals surface area contributed by atoms with Crippen molar-refractivity contribution >= 4 is 0 Å². The summed E-state index contributed by atoms with van der Waals surface area (Å²) >= 11 is 0. The molecule has 1 aliphatic carbocycles. The highest BCUT2D eigenvalue weighted by atomic mass is 16.3. The van der Waals surface area contributed by atoms with Gasteiger partial charge in [0.2, 0.25) is 0 Å². The lowest BCUT2D eigenvalue weighted by molar-refractivity contribution is 0.0387. The lowest BCUT2D eigenvalue weighted by Gasteiger charge is -2.44. The van der Waals surface area contributed by atoms with Gasteiger partial charge < -0.3 is 5.11 Å². The maximum atomic E-state index is 9.31. The monoisotopic (exact) mass is 252 g/mol. The fraction of sp³-hybridized carbons (Fsp3) is 0.933. The van der Waals surface area contributed by atoms with Gasteiger partial charge in [0.25, 0.3) is 0 Å². The Kier molecular flexibility index (Phi) is 5.19. The van der Waals surface area contributed by atoms with Gasteiger partial charge in [0.1, 0.15) is 0 Å². The minimum Gasteiger partial charge on any atom is -0.395 e. The van der Waals surface area contributed by atoms with Crippen molar-refractivity contribution in [3.63, 3.8) is 0 Å². The van der Waals surface area contributed by atoms with Crippen molar-refractivity contribution < 1.29 is 5.11 Å². The molecule has 1 fully saturated rings. The molecule has 1 rings (SSSR count). The van der Waals surface area contributed by atoms with E-state index in [0.717, 1.165) is 19.3 Å². The van der Waals surface area contributed by atoms with E-state index in [2.05, 4.69) is 31.7 Å². The number of aliphatic hydroxyl groups excluding tert-OH is 1. The van der Waals surface area contributed by atoms with Crippen LogP contribution in [0.2, 0.25) is 0 Å². The molecule has 1 N–H and O–H groups in total. The van der Waals surface area contributed by atoms with E-state index in [4.69, 9.17) is 0 Å². The molecule has 0 aromatic carbocycles. The van der Waals surface area contributed by atoms with Crippen LogP contribution in [0.15, 0.2) is 0 Å². The topological polar surface area (TPSA) is 47.3 Å². The van der Waals surface area contributed by atoms with Crippen molar-refractivity contribution in [1.82, 2.24) is 4.90 Å². The molecule has 0 spiro atoms. The Morgan fingerprint density at radius 3 is 2.44 bits per heavy atom. The van der Waals surface area contributed by atoms with Crippen molar-refractivity contribution in [1.29, 1.82) is 5.26 Å². The van der Waals surface area contributed by atoms with Gasteiger partial charge in [-0.3, -0.25) is 4.90 Å². The first-order valence-electron chi connectivity index (χ1n) is 7.03. The zero-order chi connectivity index (χ0) is 13.9. The number of nitrogens with zero attached hydrogens (tertiary/aromatic N) is 2. The summed E-state index contributed by atoms with van der Waals surface area (Å²) in [4.78, 5) is 2.20. The summed E-state index contributed by atoms with van der Waals surface area (Å²) in [6.07, 6.45) is 3.22. The van der Waals surface area contributed by atoms with E-state index in [9.17, 15) is 10.4 Å². The SMILES string of the molecule is CC(CO)N(C)C1CC(C(C)(C)C)CCC1C#N. The fourth-order valence-electron chi connectivity index (χ4n) is 2.99. The third-order valence-electron chi connectivity index (χ3n) is 4.69. The molecule has 3 nitrogen and oxygen atoms in total. The van der Waals surface area contributed by atoms with E-state index < -0.39 is 0 Å². The standard InChI is InChI=1S/C15H28N2O/c1-11(10-18)17(5)14-8-13(15(2,3)4)7-6-12(14)9-16/h11-14,18H,6-8,10H2,1-5H3. The molecule has 18 heavy (non-hydrogen) atoms. The van der Waals surface area contributed by atoms with Gasteiger partial charge in [-0.05, 0) is 44.6 Å². The number of hydrogen-bond acceptors (Lipinski definition) is 3. The summed E-state index contributed by atoms with van der Waals surface area (Å²) in [6.45, 7) is 9.05. The Morgan fingerprint density at radius 1 is 1.39 bits per heavy atom. The Hall–Kier alpha value is -0.590. The second-order valence-electron chi connectivity index (χ2n) is 6.88. The Morgan fingerprint density at radius 2 is 2.00 bits per heavy atom. The van der Waals surface area contributed by atoms with E-state index in [1.54, 1.807) is 0 Å². The normalized spacial score (nSPS) is 31.1. The van der Waals surface area contributed by atoms with E-state index in [1.807, 2.05) is 14.0 Å². The van der Waals surface area contributed by atoms with E-state index in [1.165, 1.54) is 0 Å². The molecule has 0 aliphatic heterocycles. The maximum Gasteiger partial charge on any atom is 0.0672 e. The average Bonchev–Trinajstić information content (AvgIpc) is 2.35. The first-order valence-corrected chi connectivity index (χ1v) is 7.03. The van der Waals surface area contributed by atoms with Crippen molar-refractivity contribution in [2.45, 2.75) is 59.0 Å². The third-order valence-corrected chi connectivity index (χ3v) is 4.69. The second kappa shape index (κ2) is 6.04. The number of hydrogen-bond donors (Lipinski definition) is 1. The molecule has 0 radical (unpaired) electrons. The van der Waals surface area contributed by atoms with E-state index in [0.29, 0.717) is 11.3 Å². The maximum absolute atomic E-state index is 9.31. The van der Waals surface area contributed by atoms with E-state index >= 15 is 0 Å². The number of aliphatic hydroxyl groups is 1. The van der Waals surface area contributed by atoms with Gasteiger partial charge >= 0.3 is 0 Å². The van der Waals surface area contributed by atoms with E-state index in [-0.39, 0.29) is 24.6 Å². The minimum absolute atomic E-state index is 0.114. The lowest BCUT2D eigenvalue weighted by atomic mass is 9.67. The Labute approximate surface area is 112 Å². The average molecular weight is 252 g/mol. The molecule has 0 amide bonds. The van der Waals surface area contributed by atoms with Crippen LogP contribution in [0.5, 0.6) is 0 Å². The summed E-state index contributed by atoms with van der Waals surface area (Å²) in [5, 5.41) is 18.6. The summed E-state index contributed by atoms with van der Waals surface area (Å²) in [5.74, 6) is 0.781. The molecule has 4 atom stereocenters. The molecular weight excluding hydrogens is 224 g/mol. The van der Waals surface area contributed by atoms with Crippen molar-refractivity contribution in [3.8, 4) is 6.07 Å². The number of likely N-dealkylation sites (N-methyl/N-ethyl adjacent to an activating group) is 1. The predicted molar refractivity (Wildman–Crippen MR) is 74.0 cm³/mol. The Balaban J connectivity index is 2.80. The Bertz CT molecular complexity index is 303. The van der Waals surface area contributed by atoms with Gasteiger partial charge in [-0.2, -0.15) is 5.26 Å². The quantitative estimate of drug-likeness (QED) is 0.840. The first-order chi connectivity index (χ1) is 8.31. The molecule has 4 unspecified atom stereocenters.